The number of nitrogens with two attached hydrogens (primary N) is 3. The minimum Gasteiger partial charge on any atom is -0.383 e. The van der Waals surface area contributed by atoms with E-state index in [1.807, 2.05) is 86.8 Å². The molecule has 0 spiro atoms. The number of carbonyl (C=O) groups excluding carboxylic acids is 6. The molecule has 3 unspecified atom stereocenters. The van der Waals surface area contributed by atoms with E-state index in [0.717, 1.165) is 71.9 Å². The second kappa shape index (κ2) is 35.3. The molecule has 6 aromatic carbocycles. The monoisotopic (exact) mass is 1520 g/mol. The van der Waals surface area contributed by atoms with E-state index in [-0.39, 0.29) is 53.2 Å². The van der Waals surface area contributed by atoms with Crippen molar-refractivity contribution in [3.8, 4) is 39.8 Å². The van der Waals surface area contributed by atoms with Crippen molar-refractivity contribution in [2.24, 2.45) is 0 Å². The summed E-state index contributed by atoms with van der Waals surface area (Å²) in [5.41, 5.74) is 31.0. The third-order valence-electron chi connectivity index (χ3n) is 20.6. The van der Waals surface area contributed by atoms with Gasteiger partial charge in [-0.1, -0.05) is 141 Å². The van der Waals surface area contributed by atoms with E-state index in [4.69, 9.17) is 55.9 Å². The number of hydrogen-bond donors (Lipinski definition) is 3. The van der Waals surface area contributed by atoms with Crippen LogP contribution in [0.5, 0.6) is 0 Å². The van der Waals surface area contributed by atoms with Gasteiger partial charge in [0.05, 0.1) is 52.5 Å². The lowest BCUT2D eigenvalue weighted by Gasteiger charge is -2.32. The summed E-state index contributed by atoms with van der Waals surface area (Å²) in [7, 11) is 0. The fraction of sp³-hybridized carbons (Fsp3) is 0.244. The Labute approximate surface area is 656 Å². The van der Waals surface area contributed by atoms with Gasteiger partial charge in [0.1, 0.15) is 53.5 Å². The van der Waals surface area contributed by atoms with Crippen molar-refractivity contribution < 1.29 is 28.8 Å². The predicted octanol–water partition coefficient (Wildman–Crippen LogP) is 13.8. The van der Waals surface area contributed by atoms with Crippen LogP contribution in [0.4, 0.5) is 23.1 Å². The first-order chi connectivity index (χ1) is 54.9. The third-order valence-corrected chi connectivity index (χ3v) is 20.9. The average molecular weight is 1530 g/mol. The van der Waals surface area contributed by atoms with Crippen LogP contribution in [0.3, 0.4) is 0 Å². The molecule has 12 aromatic rings. The number of rotatable bonds is 21. The second-order valence-electron chi connectivity index (χ2n) is 27.8. The molecule has 26 nitrogen and oxygen atoms in total. The second-order valence-corrected chi connectivity index (χ2v) is 28.2. The average Bonchev–Trinajstić information content (AvgIpc) is 1.63. The summed E-state index contributed by atoms with van der Waals surface area (Å²) in [4.78, 5) is 109. The van der Waals surface area contributed by atoms with Crippen LogP contribution in [-0.4, -0.2) is 148 Å². The van der Waals surface area contributed by atoms with Crippen LogP contribution in [0.2, 0.25) is 5.02 Å². The molecule has 0 bridgehead atoms. The number of carbonyl (C=O) groups is 6. The molecule has 113 heavy (non-hydrogen) atoms. The number of piperidine rings is 3. The Bertz CT molecular complexity index is 5700. The maximum absolute atomic E-state index is 12.7. The van der Waals surface area contributed by atoms with Gasteiger partial charge in [-0.25, -0.2) is 48.8 Å². The van der Waals surface area contributed by atoms with Crippen LogP contribution >= 0.6 is 11.6 Å². The Morgan fingerprint density at radius 1 is 0.478 bits per heavy atom. The molecule has 0 saturated carbocycles. The highest BCUT2D eigenvalue weighted by Gasteiger charge is 2.32. The molecule has 3 fully saturated rings. The van der Waals surface area contributed by atoms with Gasteiger partial charge in [0.15, 0.2) is 40.0 Å². The van der Waals surface area contributed by atoms with Gasteiger partial charge < -0.3 is 31.9 Å². The number of nitrogens with zero attached hydrogens (tertiary/aromatic N) is 17. The van der Waals surface area contributed by atoms with Gasteiger partial charge in [0.2, 0.25) is 17.7 Å². The van der Waals surface area contributed by atoms with Crippen molar-refractivity contribution in [3.63, 3.8) is 0 Å². The Morgan fingerprint density at radius 3 is 1.22 bits per heavy atom. The number of benzene rings is 6. The first-order valence-electron chi connectivity index (χ1n) is 37.2. The van der Waals surface area contributed by atoms with Gasteiger partial charge in [0.25, 0.3) is 0 Å². The number of halogens is 1. The fourth-order valence-corrected chi connectivity index (χ4v) is 14.8. The maximum atomic E-state index is 12.7. The van der Waals surface area contributed by atoms with Crippen molar-refractivity contribution >= 4 is 103 Å². The molecule has 0 radical (unpaired) electrons. The molecular weight excluding hydrogens is 1440 g/mol. The van der Waals surface area contributed by atoms with Crippen LogP contribution in [-0.2, 0) is 33.6 Å². The summed E-state index contributed by atoms with van der Waals surface area (Å²) in [5, 5.41) is 26.5. The first kappa shape index (κ1) is 77.4. The molecule has 3 atom stereocenters. The zero-order valence-electron chi connectivity index (χ0n) is 62.1. The minimum absolute atomic E-state index is 0.00250. The summed E-state index contributed by atoms with van der Waals surface area (Å²) < 4.78 is 5.61. The number of likely N-dealkylation sites (tertiary alicyclic amines) is 3. The van der Waals surface area contributed by atoms with Crippen LogP contribution in [0.25, 0.3) is 71.7 Å². The highest BCUT2D eigenvalue weighted by Crippen LogP contribution is 2.38. The number of hydrogen-bond acceptors (Lipinski definition) is 19. The highest BCUT2D eigenvalue weighted by atomic mass is 35.5. The van der Waals surface area contributed by atoms with Gasteiger partial charge in [-0.2, -0.15) is 20.6 Å². The van der Waals surface area contributed by atoms with E-state index >= 15 is 0 Å². The van der Waals surface area contributed by atoms with E-state index in [1.165, 1.54) is 37.2 Å². The predicted molar refractivity (Wildman–Crippen MR) is 434 cm³/mol. The summed E-state index contributed by atoms with van der Waals surface area (Å²) in [6.45, 7) is 21.8. The smallest absolute Gasteiger partial charge is 0.246 e. The summed E-state index contributed by atoms with van der Waals surface area (Å²) >= 11 is 5.92. The molecule has 15 rings (SSSR count). The number of aryl methyl sites for hydroxylation is 3. The number of anilines is 3. The van der Waals surface area contributed by atoms with E-state index in [1.54, 1.807) is 87.5 Å². The van der Waals surface area contributed by atoms with Crippen LogP contribution < -0.4 is 17.2 Å². The normalized spacial score (nSPS) is 15.4. The topological polar surface area (TPSA) is 349 Å². The van der Waals surface area contributed by atoms with Crippen molar-refractivity contribution in [2.75, 3.05) is 56.5 Å². The molecule has 568 valence electrons. The number of nitrogen functional groups attached to an aromatic ring is 3. The molecule has 27 heteroatoms. The zero-order chi connectivity index (χ0) is 79.2. The highest BCUT2D eigenvalue weighted by molar-refractivity contribution is 6.30. The SMILES string of the molecule is C=CC(=O)N1CCCC(n2nc(-c3ccc(CCC(=O)c4ccc(Cl)cc4)cc3)c3c(N)ncnc32)C1.C=CC(=O)N1CCCC(n2nc(-c3ccc(CCC(=O)c4cccc(C#N)c4)cc3)c3c(N)ncnc32)C1.[C-]#[N+]c1ccccc1C(=O)CCc1ccc(-c2nn(C3CCCN(C(=O)C=C)C3)c3ncnc(N)c23)cc1. The third kappa shape index (κ3) is 17.5. The van der Waals surface area contributed by atoms with Crippen LogP contribution in [0.1, 0.15) is 129 Å². The van der Waals surface area contributed by atoms with Crippen molar-refractivity contribution in [2.45, 2.75) is 95.2 Å². The molecular formula is C86H81ClN20O6. The number of amides is 3. The largest absolute Gasteiger partial charge is 0.383 e. The zero-order valence-corrected chi connectivity index (χ0v) is 62.8. The van der Waals surface area contributed by atoms with Crippen LogP contribution in [0.15, 0.2) is 203 Å². The Morgan fingerprint density at radius 2 is 0.850 bits per heavy atom. The molecule has 9 heterocycles. The van der Waals surface area contributed by atoms with E-state index in [0.29, 0.717) is 178 Å². The molecule has 6 N–H and O–H groups in total. The number of para-hydroxylation sites is 1. The van der Waals surface area contributed by atoms with E-state index in [9.17, 15) is 28.8 Å². The molecule has 3 aliphatic heterocycles. The van der Waals surface area contributed by atoms with Gasteiger partial charge in [-0.3, -0.25) is 28.8 Å². The Balaban J connectivity index is 0.000000148. The molecule has 3 aliphatic rings. The number of fused-ring (bicyclic) bond motifs is 3. The van der Waals surface area contributed by atoms with Gasteiger partial charge in [-0.05, 0) is 129 Å². The summed E-state index contributed by atoms with van der Waals surface area (Å²) in [6.07, 6.45) is 16.3. The lowest BCUT2D eigenvalue weighted by atomic mass is 10.00. The number of aromatic nitrogens is 12. The number of Topliss-reactive ketones (excluding diaryl/α,β-unsaturated/α-hetero) is 3. The molecule has 6 aromatic heterocycles. The fourth-order valence-electron chi connectivity index (χ4n) is 14.7. The molecule has 0 aliphatic carbocycles. The first-order valence-corrected chi connectivity index (χ1v) is 37.6. The van der Waals surface area contributed by atoms with Crippen LogP contribution in [0, 0.1) is 17.9 Å². The molecule has 3 saturated heterocycles. The van der Waals surface area contributed by atoms with Gasteiger partial charge in [-0.15, -0.1) is 0 Å². The maximum Gasteiger partial charge on any atom is 0.246 e. The Kier molecular flexibility index (Phi) is 24.2. The van der Waals surface area contributed by atoms with Gasteiger partial charge >= 0.3 is 0 Å². The molecule has 3 amide bonds. The van der Waals surface area contributed by atoms with E-state index in [2.05, 4.69) is 60.6 Å². The lowest BCUT2D eigenvalue weighted by molar-refractivity contribution is -0.128. The lowest BCUT2D eigenvalue weighted by Crippen LogP contribution is -2.40. The minimum atomic E-state index is -0.0906. The Hall–Kier alpha value is -13.7. The van der Waals surface area contributed by atoms with Crippen molar-refractivity contribution in [1.29, 1.82) is 5.26 Å². The number of ketones is 3. The van der Waals surface area contributed by atoms with Crippen molar-refractivity contribution in [1.82, 2.24) is 73.9 Å². The quantitative estimate of drug-likeness (QED) is 0.0342. The van der Waals surface area contributed by atoms with Crippen molar-refractivity contribution in [3.05, 3.63) is 258 Å². The number of nitriles is 1. The summed E-state index contributed by atoms with van der Waals surface area (Å²) in [6, 6.07) is 46.3. The van der Waals surface area contributed by atoms with E-state index < -0.39 is 0 Å². The standard InChI is InChI=1S/2C29H27N7O2.C28H27ClN6O2/c1-3-25(38)35-16-6-7-21(17-35)36-29-26(28(30)32-18-33-29)27(34-36)20-13-10-19(11-14-20)12-15-24(37)22-8-4-5-9-23(22)31-2;1-2-25(38)35-14-4-7-23(17-35)36-29-26(28(31)32-18-33-29)27(34-36)21-11-8-19(9-12-21)10-13-24(37)22-6-3-5-20(15-22)16-30;1-2-24(37)34-15-3-4-22(16-34)35-28-25(27(30)31-17-32-28)26(33-35)20-8-5-18(6-9-20)7-14-23(36)19-10-12-21(29)13-11-19/h3-5,8-11,13-14,18,21H,1,6-7,12,15-17H2,(H2,30,32,33);2-3,5-6,8-9,11-12,15,18,23H,1,4,7,10,13-14,17H2,(H2,31,32,33);2,5-6,8-13,17,22H,1,3-4,7,14-16H2,(H2,30,31,32). The van der Waals surface area contributed by atoms with Gasteiger partial charge in [0, 0.05) is 96.9 Å². The summed E-state index contributed by atoms with van der Waals surface area (Å²) in [5.74, 6) is 0.814.